The molecule has 0 saturated carbocycles. The van der Waals surface area contributed by atoms with E-state index in [1.165, 1.54) is 0 Å². The molecule has 1 atom stereocenters. The van der Waals surface area contributed by atoms with Crippen LogP contribution in [0.25, 0.3) is 0 Å². The summed E-state index contributed by atoms with van der Waals surface area (Å²) in [6.45, 7) is 3.56. The van der Waals surface area contributed by atoms with Gasteiger partial charge in [-0.15, -0.1) is 0 Å². The van der Waals surface area contributed by atoms with Crippen molar-refractivity contribution in [3.8, 4) is 0 Å². The molecule has 0 fully saturated rings. The number of amides is 2. The molecule has 0 aliphatic heterocycles. The number of anilines is 1. The molecule has 0 aliphatic carbocycles. The van der Waals surface area contributed by atoms with Crippen LogP contribution in [-0.2, 0) is 9.59 Å². The van der Waals surface area contributed by atoms with Gasteiger partial charge in [-0.05, 0) is 32.0 Å². The summed E-state index contributed by atoms with van der Waals surface area (Å²) in [5.74, 6) is 0.531. The molecule has 2 aromatic carbocycles. The number of carbonyl (C=O) groups excluding carboxylic acids is 2. The van der Waals surface area contributed by atoms with Gasteiger partial charge in [-0.3, -0.25) is 14.5 Å². The van der Waals surface area contributed by atoms with Crippen LogP contribution in [-0.4, -0.2) is 41.5 Å². The summed E-state index contributed by atoms with van der Waals surface area (Å²) in [6, 6.07) is 20.5. The van der Waals surface area contributed by atoms with Crippen molar-refractivity contribution in [2.75, 3.05) is 18.9 Å². The highest BCUT2D eigenvalue weighted by Gasteiger charge is 2.24. The number of carbonyl (C=O) groups is 2. The molecule has 0 radical (unpaired) electrons. The number of nitrogens with one attached hydrogen (secondary N) is 2. The molecule has 2 N–H and O–H groups in total. The molecule has 0 spiro atoms. The minimum Gasteiger partial charge on any atom is -0.360 e. The van der Waals surface area contributed by atoms with Gasteiger partial charge in [0, 0.05) is 6.07 Å². The van der Waals surface area contributed by atoms with Crippen LogP contribution in [0.5, 0.6) is 0 Å². The zero-order valence-electron chi connectivity index (χ0n) is 17.3. The largest absolute Gasteiger partial charge is 0.360 e. The summed E-state index contributed by atoms with van der Waals surface area (Å²) in [5, 5.41) is 9.52. The van der Waals surface area contributed by atoms with Crippen LogP contribution >= 0.6 is 0 Å². The maximum atomic E-state index is 13.0. The summed E-state index contributed by atoms with van der Waals surface area (Å²) < 4.78 is 4.94. The monoisotopic (exact) mass is 406 g/mol. The van der Waals surface area contributed by atoms with Crippen molar-refractivity contribution < 1.29 is 14.1 Å². The second-order valence-electron chi connectivity index (χ2n) is 7.23. The van der Waals surface area contributed by atoms with Crippen molar-refractivity contribution in [1.82, 2.24) is 15.4 Å². The Morgan fingerprint density at radius 3 is 2.10 bits per heavy atom. The first-order chi connectivity index (χ1) is 14.4. The highest BCUT2D eigenvalue weighted by Crippen LogP contribution is 2.22. The Morgan fingerprint density at radius 2 is 1.60 bits per heavy atom. The number of aryl methyl sites for hydroxylation is 1. The number of benzene rings is 2. The molecule has 30 heavy (non-hydrogen) atoms. The molecule has 1 aromatic heterocycles. The number of nitrogens with zero attached hydrogens (tertiary/aromatic N) is 2. The molecule has 3 aromatic rings. The van der Waals surface area contributed by atoms with Crippen molar-refractivity contribution in [3.63, 3.8) is 0 Å². The Hall–Kier alpha value is -3.45. The van der Waals surface area contributed by atoms with Crippen molar-refractivity contribution in [3.05, 3.63) is 83.6 Å². The van der Waals surface area contributed by atoms with Gasteiger partial charge in [-0.25, -0.2) is 0 Å². The third kappa shape index (κ3) is 5.55. The first kappa shape index (κ1) is 21.3. The quantitative estimate of drug-likeness (QED) is 0.600. The number of rotatable bonds is 8. The third-order valence-electron chi connectivity index (χ3n) is 4.88. The Kier molecular flexibility index (Phi) is 6.98. The fourth-order valence-electron chi connectivity index (χ4n) is 3.08. The molecule has 0 saturated heterocycles. The molecular formula is C23H26N4O3. The van der Waals surface area contributed by atoms with Crippen molar-refractivity contribution >= 4 is 17.6 Å². The van der Waals surface area contributed by atoms with E-state index in [4.69, 9.17) is 4.52 Å². The van der Waals surface area contributed by atoms with E-state index in [2.05, 4.69) is 15.8 Å². The summed E-state index contributed by atoms with van der Waals surface area (Å²) in [6.07, 6.45) is 0. The lowest BCUT2D eigenvalue weighted by molar-refractivity contribution is -0.127. The number of aromatic nitrogens is 1. The van der Waals surface area contributed by atoms with Gasteiger partial charge in [0.15, 0.2) is 5.82 Å². The fourth-order valence-corrected chi connectivity index (χ4v) is 3.08. The van der Waals surface area contributed by atoms with E-state index < -0.39 is 6.04 Å². The Balaban J connectivity index is 1.65. The standard InChI is InChI=1S/C23H26N4O3/c1-16-14-20(26-30-16)24-21(28)15-27(3)17(2)23(29)25-22(18-10-6-4-7-11-18)19-12-8-5-9-13-19/h4-14,17,22H,15H2,1-3H3,(H,25,29)(H,24,26,28)/t17-/m0/s1. The summed E-state index contributed by atoms with van der Waals surface area (Å²) in [4.78, 5) is 26.9. The van der Waals surface area contributed by atoms with Crippen LogP contribution in [0.2, 0.25) is 0 Å². The van der Waals surface area contributed by atoms with Gasteiger partial charge < -0.3 is 15.2 Å². The van der Waals surface area contributed by atoms with E-state index in [1.54, 1.807) is 31.9 Å². The molecular weight excluding hydrogens is 380 g/mol. The molecule has 3 rings (SSSR count). The highest BCUT2D eigenvalue weighted by atomic mass is 16.5. The topological polar surface area (TPSA) is 87.5 Å². The van der Waals surface area contributed by atoms with Crippen molar-refractivity contribution in [2.24, 2.45) is 0 Å². The van der Waals surface area contributed by atoms with Gasteiger partial charge in [0.05, 0.1) is 18.6 Å². The van der Waals surface area contributed by atoms with E-state index >= 15 is 0 Å². The maximum Gasteiger partial charge on any atom is 0.239 e. The second kappa shape index (κ2) is 9.84. The Morgan fingerprint density at radius 1 is 1.03 bits per heavy atom. The lowest BCUT2D eigenvalue weighted by Crippen LogP contribution is -2.47. The molecule has 1 heterocycles. The summed E-state index contributed by atoms with van der Waals surface area (Å²) in [7, 11) is 1.73. The summed E-state index contributed by atoms with van der Waals surface area (Å²) >= 11 is 0. The highest BCUT2D eigenvalue weighted by molar-refractivity contribution is 5.92. The first-order valence-corrected chi connectivity index (χ1v) is 9.77. The van der Waals surface area contributed by atoms with Crippen LogP contribution in [0.4, 0.5) is 5.82 Å². The lowest BCUT2D eigenvalue weighted by Gasteiger charge is -2.26. The van der Waals surface area contributed by atoms with E-state index in [1.807, 2.05) is 60.7 Å². The predicted molar refractivity (Wildman–Crippen MR) is 115 cm³/mol. The van der Waals surface area contributed by atoms with E-state index in [-0.39, 0.29) is 24.4 Å². The smallest absolute Gasteiger partial charge is 0.239 e. The molecule has 156 valence electrons. The first-order valence-electron chi connectivity index (χ1n) is 9.77. The normalized spacial score (nSPS) is 12.0. The van der Waals surface area contributed by atoms with E-state index in [0.717, 1.165) is 11.1 Å². The third-order valence-corrected chi connectivity index (χ3v) is 4.88. The number of hydrogen-bond acceptors (Lipinski definition) is 5. The average molecular weight is 406 g/mol. The lowest BCUT2D eigenvalue weighted by atomic mass is 9.98. The molecule has 0 bridgehead atoms. The second-order valence-corrected chi connectivity index (χ2v) is 7.23. The van der Waals surface area contributed by atoms with Crippen LogP contribution in [0.3, 0.4) is 0 Å². The molecule has 2 amide bonds. The van der Waals surface area contributed by atoms with Crippen LogP contribution in [0.1, 0.15) is 29.9 Å². The van der Waals surface area contributed by atoms with E-state index in [0.29, 0.717) is 11.6 Å². The zero-order chi connectivity index (χ0) is 21.5. The number of likely N-dealkylation sites (N-methyl/N-ethyl adjacent to an activating group) is 1. The number of hydrogen-bond donors (Lipinski definition) is 2. The van der Waals surface area contributed by atoms with Crippen LogP contribution in [0.15, 0.2) is 71.3 Å². The summed E-state index contributed by atoms with van der Waals surface area (Å²) in [5.41, 5.74) is 1.98. The SMILES string of the molecule is Cc1cc(NC(=O)CN(C)[C@@H](C)C(=O)NC(c2ccccc2)c2ccccc2)no1. The molecule has 0 aliphatic rings. The van der Waals surface area contributed by atoms with Gasteiger partial charge >= 0.3 is 0 Å². The van der Waals surface area contributed by atoms with Gasteiger partial charge in [-0.2, -0.15) is 0 Å². The van der Waals surface area contributed by atoms with Crippen LogP contribution in [0, 0.1) is 6.92 Å². The Bertz CT molecular complexity index is 933. The van der Waals surface area contributed by atoms with Gasteiger partial charge in [0.25, 0.3) is 0 Å². The van der Waals surface area contributed by atoms with E-state index in [9.17, 15) is 9.59 Å². The zero-order valence-corrected chi connectivity index (χ0v) is 17.3. The molecule has 0 unspecified atom stereocenters. The van der Waals surface area contributed by atoms with Crippen molar-refractivity contribution in [1.29, 1.82) is 0 Å². The minimum atomic E-state index is -0.510. The fraction of sp³-hybridized carbons (Fsp3) is 0.261. The van der Waals surface area contributed by atoms with Crippen LogP contribution < -0.4 is 10.6 Å². The van der Waals surface area contributed by atoms with Gasteiger partial charge in [-0.1, -0.05) is 65.8 Å². The maximum absolute atomic E-state index is 13.0. The predicted octanol–water partition coefficient (Wildman–Crippen LogP) is 3.15. The molecule has 7 nitrogen and oxygen atoms in total. The molecule has 7 heteroatoms. The van der Waals surface area contributed by atoms with Crippen molar-refractivity contribution in [2.45, 2.75) is 25.9 Å². The van der Waals surface area contributed by atoms with Gasteiger partial charge in [0.2, 0.25) is 11.8 Å². The average Bonchev–Trinajstić information content (AvgIpc) is 3.16. The Labute approximate surface area is 176 Å². The minimum absolute atomic E-state index is 0.0435. The van der Waals surface area contributed by atoms with Gasteiger partial charge in [0.1, 0.15) is 5.76 Å².